The first-order valence-electron chi connectivity index (χ1n) is 8.48. The first kappa shape index (κ1) is 18.0. The van der Waals surface area contributed by atoms with E-state index in [9.17, 15) is 0 Å². The molecule has 0 aliphatic rings. The van der Waals surface area contributed by atoms with Crippen molar-refractivity contribution in [3.8, 4) is 0 Å². The number of rotatable bonds is 9. The van der Waals surface area contributed by atoms with Crippen LogP contribution in [0.15, 0.2) is 65.7 Å². The minimum Gasteiger partial charge on any atom is -0.375 e. The van der Waals surface area contributed by atoms with Crippen molar-refractivity contribution in [1.82, 2.24) is 10.6 Å². The number of hydrogen-bond donors (Lipinski definition) is 2. The Kier molecular flexibility index (Phi) is 8.44. The highest BCUT2D eigenvalue weighted by Crippen LogP contribution is 2.01. The summed E-state index contributed by atoms with van der Waals surface area (Å²) in [5.41, 5.74) is 2.57. The molecule has 2 aromatic rings. The summed E-state index contributed by atoms with van der Waals surface area (Å²) in [5, 5.41) is 6.60. The van der Waals surface area contributed by atoms with E-state index in [0.717, 1.165) is 31.9 Å². The lowest BCUT2D eigenvalue weighted by molar-refractivity contribution is 0.125. The maximum absolute atomic E-state index is 5.65. The van der Waals surface area contributed by atoms with Crippen LogP contribution in [0.5, 0.6) is 0 Å². The van der Waals surface area contributed by atoms with Crippen LogP contribution < -0.4 is 10.6 Å². The molecule has 0 aliphatic heterocycles. The Morgan fingerprint density at radius 3 is 2.17 bits per heavy atom. The fourth-order valence-electron chi connectivity index (χ4n) is 2.37. The molecule has 0 spiro atoms. The summed E-state index contributed by atoms with van der Waals surface area (Å²) < 4.78 is 5.65. The SMILES string of the molecule is CN=C(NCCCc1ccccc1)NCCOCc1ccccc1. The molecule has 24 heavy (non-hydrogen) atoms. The van der Waals surface area contributed by atoms with Crippen molar-refractivity contribution in [2.75, 3.05) is 26.7 Å². The van der Waals surface area contributed by atoms with Gasteiger partial charge in [0.15, 0.2) is 5.96 Å². The first-order chi connectivity index (χ1) is 11.9. The van der Waals surface area contributed by atoms with Crippen molar-refractivity contribution in [3.63, 3.8) is 0 Å². The molecule has 0 atom stereocenters. The number of guanidine groups is 1. The topological polar surface area (TPSA) is 45.7 Å². The van der Waals surface area contributed by atoms with E-state index in [1.54, 1.807) is 7.05 Å². The van der Waals surface area contributed by atoms with Crippen LogP contribution in [0.25, 0.3) is 0 Å². The molecule has 0 bridgehead atoms. The summed E-state index contributed by atoms with van der Waals surface area (Å²) in [6.07, 6.45) is 2.15. The molecule has 0 saturated carbocycles. The fraction of sp³-hybridized carbons (Fsp3) is 0.350. The Hall–Kier alpha value is -2.33. The Balaban J connectivity index is 1.52. The smallest absolute Gasteiger partial charge is 0.191 e. The van der Waals surface area contributed by atoms with Crippen molar-refractivity contribution < 1.29 is 4.74 Å². The van der Waals surface area contributed by atoms with Gasteiger partial charge in [-0.25, -0.2) is 0 Å². The maximum atomic E-state index is 5.65. The van der Waals surface area contributed by atoms with E-state index < -0.39 is 0 Å². The highest BCUT2D eigenvalue weighted by Gasteiger charge is 1.98. The quantitative estimate of drug-likeness (QED) is 0.423. The van der Waals surface area contributed by atoms with Gasteiger partial charge in [0, 0.05) is 20.1 Å². The molecule has 2 rings (SSSR count). The maximum Gasteiger partial charge on any atom is 0.191 e. The third-order valence-electron chi connectivity index (χ3n) is 3.65. The number of nitrogens with one attached hydrogen (secondary N) is 2. The molecule has 0 aliphatic carbocycles. The minimum absolute atomic E-state index is 0.644. The molecule has 2 N–H and O–H groups in total. The molecule has 128 valence electrons. The van der Waals surface area contributed by atoms with Gasteiger partial charge in [-0.05, 0) is 24.0 Å². The van der Waals surface area contributed by atoms with Crippen LogP contribution in [0.2, 0.25) is 0 Å². The highest BCUT2D eigenvalue weighted by atomic mass is 16.5. The molecule has 4 nitrogen and oxygen atoms in total. The largest absolute Gasteiger partial charge is 0.375 e. The third kappa shape index (κ3) is 7.29. The van der Waals surface area contributed by atoms with Crippen LogP contribution in [0.3, 0.4) is 0 Å². The number of ether oxygens (including phenoxy) is 1. The van der Waals surface area contributed by atoms with E-state index in [2.05, 4.69) is 52.0 Å². The zero-order valence-electron chi connectivity index (χ0n) is 14.4. The van der Waals surface area contributed by atoms with Crippen molar-refractivity contribution >= 4 is 5.96 Å². The van der Waals surface area contributed by atoms with Crippen LogP contribution in [0.4, 0.5) is 0 Å². The molecule has 0 radical (unpaired) electrons. The van der Waals surface area contributed by atoms with E-state index in [1.165, 1.54) is 11.1 Å². The number of hydrogen-bond acceptors (Lipinski definition) is 2. The number of benzene rings is 2. The lowest BCUT2D eigenvalue weighted by atomic mass is 10.1. The average Bonchev–Trinajstić information content (AvgIpc) is 2.65. The fourth-order valence-corrected chi connectivity index (χ4v) is 2.37. The highest BCUT2D eigenvalue weighted by molar-refractivity contribution is 5.79. The first-order valence-corrected chi connectivity index (χ1v) is 8.48. The minimum atomic E-state index is 0.644. The van der Waals surface area contributed by atoms with Crippen molar-refractivity contribution in [2.24, 2.45) is 4.99 Å². The summed E-state index contributed by atoms with van der Waals surface area (Å²) in [5.74, 6) is 0.825. The van der Waals surface area contributed by atoms with Crippen LogP contribution in [-0.4, -0.2) is 32.7 Å². The second kappa shape index (κ2) is 11.2. The Bertz CT molecular complexity index is 584. The van der Waals surface area contributed by atoms with E-state index >= 15 is 0 Å². The van der Waals surface area contributed by atoms with Gasteiger partial charge >= 0.3 is 0 Å². The van der Waals surface area contributed by atoms with Crippen molar-refractivity contribution in [3.05, 3.63) is 71.8 Å². The van der Waals surface area contributed by atoms with Gasteiger partial charge in [0.05, 0.1) is 13.2 Å². The van der Waals surface area contributed by atoms with Gasteiger partial charge in [0.2, 0.25) is 0 Å². The Morgan fingerprint density at radius 2 is 1.50 bits per heavy atom. The van der Waals surface area contributed by atoms with Gasteiger partial charge in [-0.3, -0.25) is 4.99 Å². The summed E-state index contributed by atoms with van der Waals surface area (Å²) in [6, 6.07) is 20.7. The van der Waals surface area contributed by atoms with Gasteiger partial charge in [-0.2, -0.15) is 0 Å². The summed E-state index contributed by atoms with van der Waals surface area (Å²) in [6.45, 7) is 2.94. The molecule has 0 fully saturated rings. The predicted molar refractivity (Wildman–Crippen MR) is 100 cm³/mol. The monoisotopic (exact) mass is 325 g/mol. The van der Waals surface area contributed by atoms with Crippen LogP contribution in [0, 0.1) is 0 Å². The third-order valence-corrected chi connectivity index (χ3v) is 3.65. The van der Waals surface area contributed by atoms with Crippen LogP contribution in [-0.2, 0) is 17.8 Å². The van der Waals surface area contributed by atoms with E-state index in [1.807, 2.05) is 24.3 Å². The summed E-state index contributed by atoms with van der Waals surface area (Å²) >= 11 is 0. The van der Waals surface area contributed by atoms with E-state index in [0.29, 0.717) is 13.2 Å². The number of aliphatic imine (C=N–C) groups is 1. The van der Waals surface area contributed by atoms with Gasteiger partial charge in [0.25, 0.3) is 0 Å². The number of aryl methyl sites for hydroxylation is 1. The van der Waals surface area contributed by atoms with Gasteiger partial charge < -0.3 is 15.4 Å². The molecule has 0 unspecified atom stereocenters. The average molecular weight is 325 g/mol. The lowest BCUT2D eigenvalue weighted by Gasteiger charge is -2.12. The molecular weight excluding hydrogens is 298 g/mol. The molecule has 2 aromatic carbocycles. The normalized spacial score (nSPS) is 11.3. The predicted octanol–water partition coefficient (Wildman–Crippen LogP) is 3.00. The van der Waals surface area contributed by atoms with Gasteiger partial charge in [-0.1, -0.05) is 60.7 Å². The van der Waals surface area contributed by atoms with Gasteiger partial charge in [0.1, 0.15) is 0 Å². The zero-order chi connectivity index (χ0) is 16.9. The van der Waals surface area contributed by atoms with Crippen molar-refractivity contribution in [1.29, 1.82) is 0 Å². The van der Waals surface area contributed by atoms with Gasteiger partial charge in [-0.15, -0.1) is 0 Å². The van der Waals surface area contributed by atoms with E-state index in [4.69, 9.17) is 4.74 Å². The zero-order valence-corrected chi connectivity index (χ0v) is 14.4. The summed E-state index contributed by atoms with van der Waals surface area (Å²) in [4.78, 5) is 4.23. The van der Waals surface area contributed by atoms with Crippen molar-refractivity contribution in [2.45, 2.75) is 19.4 Å². The molecular formula is C20H27N3O. The van der Waals surface area contributed by atoms with Crippen LogP contribution in [0.1, 0.15) is 17.5 Å². The Labute approximate surface area is 145 Å². The second-order valence-corrected chi connectivity index (χ2v) is 5.55. The molecule has 0 heterocycles. The second-order valence-electron chi connectivity index (χ2n) is 5.55. The molecule has 0 aromatic heterocycles. The Morgan fingerprint density at radius 1 is 0.875 bits per heavy atom. The van der Waals surface area contributed by atoms with E-state index in [-0.39, 0.29) is 0 Å². The molecule has 0 saturated heterocycles. The molecule has 0 amide bonds. The summed E-state index contributed by atoms with van der Waals surface area (Å²) in [7, 11) is 1.79. The van der Waals surface area contributed by atoms with Crippen LogP contribution >= 0.6 is 0 Å². The molecule has 4 heteroatoms. The number of nitrogens with zero attached hydrogens (tertiary/aromatic N) is 1. The lowest BCUT2D eigenvalue weighted by Crippen LogP contribution is -2.39. The standard InChI is InChI=1S/C20H27N3O/c1-21-20(22-14-8-13-18-9-4-2-5-10-18)23-15-16-24-17-19-11-6-3-7-12-19/h2-7,9-12H,8,13-17H2,1H3,(H2,21,22,23).